The molecule has 1 amide bonds. The van der Waals surface area contributed by atoms with Gasteiger partial charge >= 0.3 is 6.61 Å². The molecule has 124 valence electrons. The van der Waals surface area contributed by atoms with E-state index in [0.717, 1.165) is 0 Å². The Labute approximate surface area is 127 Å². The van der Waals surface area contributed by atoms with Crippen molar-refractivity contribution >= 4 is 5.91 Å². The largest absolute Gasteiger partial charge is 0.490 e. The summed E-state index contributed by atoms with van der Waals surface area (Å²) in [6.07, 6.45) is 0. The summed E-state index contributed by atoms with van der Waals surface area (Å²) in [5.41, 5.74) is 5.94. The van der Waals surface area contributed by atoms with Gasteiger partial charge < -0.3 is 25.3 Å². The monoisotopic (exact) mass is 318 g/mol. The van der Waals surface area contributed by atoms with Crippen LogP contribution < -0.4 is 20.5 Å². The molecule has 0 aromatic heterocycles. The van der Waals surface area contributed by atoms with Crippen LogP contribution in [0.4, 0.5) is 8.78 Å². The number of hydrogen-bond donors (Lipinski definition) is 2. The van der Waals surface area contributed by atoms with Gasteiger partial charge in [0, 0.05) is 19.2 Å². The van der Waals surface area contributed by atoms with Crippen LogP contribution in [0.25, 0.3) is 0 Å². The molecule has 0 spiro atoms. The molecule has 6 nitrogen and oxygen atoms in total. The first kappa shape index (κ1) is 18.1. The molecule has 22 heavy (non-hydrogen) atoms. The van der Waals surface area contributed by atoms with E-state index in [1.54, 1.807) is 19.1 Å². The van der Waals surface area contributed by atoms with Gasteiger partial charge in [-0.15, -0.1) is 0 Å². The number of methoxy groups -OCH3 is 1. The molecule has 1 rings (SSSR count). The van der Waals surface area contributed by atoms with Gasteiger partial charge in [-0.3, -0.25) is 4.79 Å². The summed E-state index contributed by atoms with van der Waals surface area (Å²) < 4.78 is 39.6. The van der Waals surface area contributed by atoms with E-state index >= 15 is 0 Å². The van der Waals surface area contributed by atoms with Crippen molar-refractivity contribution < 1.29 is 27.8 Å². The van der Waals surface area contributed by atoms with E-state index in [1.165, 1.54) is 13.2 Å². The van der Waals surface area contributed by atoms with Crippen molar-refractivity contribution in [3.05, 3.63) is 23.8 Å². The van der Waals surface area contributed by atoms with Gasteiger partial charge in [0.25, 0.3) is 0 Å². The summed E-state index contributed by atoms with van der Waals surface area (Å²) in [7, 11) is 1.42. The summed E-state index contributed by atoms with van der Waals surface area (Å²) in [6, 6.07) is 3.87. The molecule has 1 unspecified atom stereocenters. The smallest absolute Gasteiger partial charge is 0.387 e. The first-order chi connectivity index (χ1) is 10.5. The highest BCUT2D eigenvalue weighted by Gasteiger charge is 2.18. The molecular weight excluding hydrogens is 298 g/mol. The predicted molar refractivity (Wildman–Crippen MR) is 75.9 cm³/mol. The van der Waals surface area contributed by atoms with E-state index in [9.17, 15) is 13.6 Å². The molecule has 1 aromatic carbocycles. The van der Waals surface area contributed by atoms with Crippen molar-refractivity contribution in [2.45, 2.75) is 26.1 Å². The third-order valence-corrected chi connectivity index (χ3v) is 2.70. The molecule has 0 aliphatic carbocycles. The number of carbonyl (C=O) groups excluding carboxylic acids is 1. The van der Waals surface area contributed by atoms with E-state index in [1.807, 2.05) is 0 Å². The zero-order valence-electron chi connectivity index (χ0n) is 12.5. The Kier molecular flexibility index (Phi) is 7.55. The topological polar surface area (TPSA) is 82.8 Å². The summed E-state index contributed by atoms with van der Waals surface area (Å²) in [4.78, 5) is 11.7. The fourth-order valence-corrected chi connectivity index (χ4v) is 1.76. The SMILES string of the molecule is CCOc1cccc(CNC(=O)C(N)COC)c1OC(F)F. The van der Waals surface area contributed by atoms with Crippen molar-refractivity contribution in [2.24, 2.45) is 5.73 Å². The average Bonchev–Trinajstić information content (AvgIpc) is 2.47. The van der Waals surface area contributed by atoms with Crippen LogP contribution in [0.2, 0.25) is 0 Å². The van der Waals surface area contributed by atoms with Crippen molar-refractivity contribution in [1.82, 2.24) is 5.32 Å². The quantitative estimate of drug-likeness (QED) is 0.716. The standard InChI is InChI=1S/C14H20F2N2O4/c1-3-21-11-6-4-5-9(12(11)22-14(15)16)7-18-13(19)10(17)8-20-2/h4-6,10,14H,3,7-8,17H2,1-2H3,(H,18,19). The van der Waals surface area contributed by atoms with Gasteiger partial charge in [0.2, 0.25) is 5.91 Å². The maximum absolute atomic E-state index is 12.5. The molecule has 0 fully saturated rings. The van der Waals surface area contributed by atoms with E-state index in [-0.39, 0.29) is 24.7 Å². The van der Waals surface area contributed by atoms with Gasteiger partial charge in [-0.1, -0.05) is 12.1 Å². The highest BCUT2D eigenvalue weighted by Crippen LogP contribution is 2.32. The Balaban J connectivity index is 2.84. The number of nitrogens with one attached hydrogen (secondary N) is 1. The minimum atomic E-state index is -2.99. The highest BCUT2D eigenvalue weighted by molar-refractivity contribution is 5.81. The van der Waals surface area contributed by atoms with Crippen LogP contribution in [-0.4, -0.2) is 38.9 Å². The van der Waals surface area contributed by atoms with Crippen LogP contribution in [0.1, 0.15) is 12.5 Å². The highest BCUT2D eigenvalue weighted by atomic mass is 19.3. The van der Waals surface area contributed by atoms with Crippen LogP contribution in [0, 0.1) is 0 Å². The molecular formula is C14H20F2N2O4. The number of benzene rings is 1. The molecule has 1 aromatic rings. The number of halogens is 2. The Morgan fingerprint density at radius 3 is 2.73 bits per heavy atom. The number of ether oxygens (including phenoxy) is 3. The first-order valence-electron chi connectivity index (χ1n) is 6.71. The van der Waals surface area contributed by atoms with Crippen LogP contribution in [-0.2, 0) is 16.1 Å². The van der Waals surface area contributed by atoms with E-state index in [0.29, 0.717) is 12.2 Å². The second kappa shape index (κ2) is 9.16. The Morgan fingerprint density at radius 1 is 1.41 bits per heavy atom. The molecule has 0 saturated heterocycles. The predicted octanol–water partition coefficient (Wildman–Crippen LogP) is 1.28. The summed E-state index contributed by atoms with van der Waals surface area (Å²) in [5, 5.41) is 2.54. The fourth-order valence-electron chi connectivity index (χ4n) is 1.76. The molecule has 3 N–H and O–H groups in total. The van der Waals surface area contributed by atoms with Crippen LogP contribution in [0.3, 0.4) is 0 Å². The van der Waals surface area contributed by atoms with E-state index < -0.39 is 18.6 Å². The van der Waals surface area contributed by atoms with Crippen molar-refractivity contribution in [1.29, 1.82) is 0 Å². The number of hydrogen-bond acceptors (Lipinski definition) is 5. The second-order valence-electron chi connectivity index (χ2n) is 4.34. The lowest BCUT2D eigenvalue weighted by atomic mass is 10.1. The minimum absolute atomic E-state index is 0.0147. The number of nitrogens with two attached hydrogens (primary N) is 1. The molecule has 0 saturated carbocycles. The maximum Gasteiger partial charge on any atom is 0.387 e. The summed E-state index contributed by atoms with van der Waals surface area (Å²) in [6.45, 7) is -0.921. The second-order valence-corrected chi connectivity index (χ2v) is 4.34. The maximum atomic E-state index is 12.5. The molecule has 0 aliphatic heterocycles. The summed E-state index contributed by atoms with van der Waals surface area (Å²) >= 11 is 0. The number of para-hydroxylation sites is 1. The fraction of sp³-hybridized carbons (Fsp3) is 0.500. The van der Waals surface area contributed by atoms with Crippen molar-refractivity contribution in [2.75, 3.05) is 20.3 Å². The van der Waals surface area contributed by atoms with E-state index in [2.05, 4.69) is 10.1 Å². The lowest BCUT2D eigenvalue weighted by molar-refractivity contribution is -0.123. The van der Waals surface area contributed by atoms with Gasteiger partial charge in [-0.25, -0.2) is 0 Å². The Hall–Kier alpha value is -1.93. The van der Waals surface area contributed by atoms with Crippen LogP contribution in [0.15, 0.2) is 18.2 Å². The first-order valence-corrected chi connectivity index (χ1v) is 6.71. The molecule has 0 radical (unpaired) electrons. The van der Waals surface area contributed by atoms with Crippen LogP contribution in [0.5, 0.6) is 11.5 Å². The van der Waals surface area contributed by atoms with E-state index in [4.69, 9.17) is 15.2 Å². The van der Waals surface area contributed by atoms with Gasteiger partial charge in [0.05, 0.1) is 13.2 Å². The van der Waals surface area contributed by atoms with Gasteiger partial charge in [-0.2, -0.15) is 8.78 Å². The molecule has 0 heterocycles. The van der Waals surface area contributed by atoms with Crippen LogP contribution >= 0.6 is 0 Å². The third-order valence-electron chi connectivity index (χ3n) is 2.70. The van der Waals surface area contributed by atoms with Gasteiger partial charge in [-0.05, 0) is 13.0 Å². The minimum Gasteiger partial charge on any atom is -0.490 e. The van der Waals surface area contributed by atoms with Crippen molar-refractivity contribution in [3.8, 4) is 11.5 Å². The number of rotatable bonds is 9. The lowest BCUT2D eigenvalue weighted by Gasteiger charge is -2.16. The zero-order valence-corrected chi connectivity index (χ0v) is 12.5. The number of alkyl halides is 2. The normalized spacial score (nSPS) is 12.1. The number of amides is 1. The van der Waals surface area contributed by atoms with Crippen molar-refractivity contribution in [3.63, 3.8) is 0 Å². The van der Waals surface area contributed by atoms with Gasteiger partial charge in [0.1, 0.15) is 6.04 Å². The third kappa shape index (κ3) is 5.45. The summed E-state index contributed by atoms with van der Waals surface area (Å²) in [5.74, 6) is -0.359. The molecule has 0 bridgehead atoms. The molecule has 1 atom stereocenters. The lowest BCUT2D eigenvalue weighted by Crippen LogP contribution is -2.43. The Bertz CT molecular complexity index is 486. The zero-order chi connectivity index (χ0) is 16.5. The molecule has 0 aliphatic rings. The number of carbonyl (C=O) groups is 1. The average molecular weight is 318 g/mol. The Morgan fingerprint density at radius 2 is 2.14 bits per heavy atom. The molecule has 8 heteroatoms. The van der Waals surface area contributed by atoms with Gasteiger partial charge in [0.15, 0.2) is 11.5 Å².